The van der Waals surface area contributed by atoms with Crippen LogP contribution in [0.3, 0.4) is 0 Å². The number of amidine groups is 1. The maximum absolute atomic E-state index is 11.0. The molecule has 3 aromatic rings. The number of non-ortho nitro benzene ring substituents is 3. The van der Waals surface area contributed by atoms with Gasteiger partial charge < -0.3 is 5.32 Å². The third-order valence-electron chi connectivity index (χ3n) is 5.14. The van der Waals surface area contributed by atoms with Crippen LogP contribution in [-0.2, 0) is 0 Å². The minimum atomic E-state index is -0.493. The van der Waals surface area contributed by atoms with Crippen molar-refractivity contribution >= 4 is 22.9 Å². The van der Waals surface area contributed by atoms with E-state index >= 15 is 0 Å². The predicted octanol–water partition coefficient (Wildman–Crippen LogP) is 4.24. The van der Waals surface area contributed by atoms with Crippen molar-refractivity contribution in [3.63, 3.8) is 0 Å². The summed E-state index contributed by atoms with van der Waals surface area (Å²) in [7, 11) is 0. The van der Waals surface area contributed by atoms with Crippen molar-refractivity contribution in [1.29, 1.82) is 0 Å². The molecule has 0 aliphatic carbocycles. The number of nitro groups is 3. The van der Waals surface area contributed by atoms with Gasteiger partial charge >= 0.3 is 0 Å². The number of nitrogens with one attached hydrogen (secondary N) is 1. The van der Waals surface area contributed by atoms with Gasteiger partial charge in [-0.05, 0) is 35.4 Å². The summed E-state index contributed by atoms with van der Waals surface area (Å²) >= 11 is 0. The van der Waals surface area contributed by atoms with Crippen LogP contribution in [0.4, 0.5) is 17.1 Å². The van der Waals surface area contributed by atoms with Crippen molar-refractivity contribution < 1.29 is 14.8 Å². The molecule has 11 nitrogen and oxygen atoms in total. The molecule has 0 fully saturated rings. The van der Waals surface area contributed by atoms with Gasteiger partial charge in [0.05, 0.1) is 20.8 Å². The van der Waals surface area contributed by atoms with Gasteiger partial charge in [0.15, 0.2) is 0 Å². The third kappa shape index (κ3) is 3.99. The first kappa shape index (κ1) is 20.6. The van der Waals surface area contributed by atoms with Crippen LogP contribution >= 0.6 is 0 Å². The summed E-state index contributed by atoms with van der Waals surface area (Å²) in [6, 6.07) is 17.1. The van der Waals surface area contributed by atoms with Gasteiger partial charge in [-0.1, -0.05) is 12.1 Å². The van der Waals surface area contributed by atoms with Crippen LogP contribution in [0, 0.1) is 30.3 Å². The second-order valence-corrected chi connectivity index (χ2v) is 7.05. The van der Waals surface area contributed by atoms with Crippen LogP contribution in [-0.4, -0.2) is 20.6 Å². The SMILES string of the molecule is O=[N+]([O-])c1ccc(C2=N[C@@H](c3ccc([N+](=O)[O-])cc3)[C@H](c3ccc([N+](=O)[O-])cc3)N2)cc1. The molecule has 0 radical (unpaired) electrons. The molecule has 0 unspecified atom stereocenters. The van der Waals surface area contributed by atoms with E-state index in [9.17, 15) is 30.3 Å². The Balaban J connectivity index is 1.71. The van der Waals surface area contributed by atoms with Gasteiger partial charge in [-0.2, -0.15) is 0 Å². The van der Waals surface area contributed by atoms with Crippen molar-refractivity contribution in [2.75, 3.05) is 0 Å². The molecule has 2 atom stereocenters. The van der Waals surface area contributed by atoms with Gasteiger partial charge in [-0.25, -0.2) is 0 Å². The van der Waals surface area contributed by atoms with E-state index < -0.39 is 26.9 Å². The Bertz CT molecular complexity index is 1220. The zero-order chi connectivity index (χ0) is 22.8. The van der Waals surface area contributed by atoms with Gasteiger partial charge in [0.2, 0.25) is 0 Å². The van der Waals surface area contributed by atoms with Crippen LogP contribution in [0.25, 0.3) is 0 Å². The molecule has 0 saturated heterocycles. The molecule has 1 heterocycles. The largest absolute Gasteiger partial charge is 0.361 e. The Morgan fingerprint density at radius 3 is 1.47 bits per heavy atom. The lowest BCUT2D eigenvalue weighted by Gasteiger charge is -2.19. The van der Waals surface area contributed by atoms with E-state index in [1.807, 2.05) is 0 Å². The molecular weight excluding hydrogens is 418 g/mol. The zero-order valence-corrected chi connectivity index (χ0v) is 16.3. The minimum Gasteiger partial charge on any atom is -0.361 e. The third-order valence-corrected chi connectivity index (χ3v) is 5.14. The van der Waals surface area contributed by atoms with Crippen LogP contribution in [0.1, 0.15) is 28.8 Å². The van der Waals surface area contributed by atoms with Crippen LogP contribution in [0.15, 0.2) is 77.8 Å². The highest BCUT2D eigenvalue weighted by Crippen LogP contribution is 2.38. The highest BCUT2D eigenvalue weighted by molar-refractivity contribution is 6.00. The Morgan fingerprint density at radius 2 is 1.03 bits per heavy atom. The molecular formula is C21H15N5O6. The Morgan fingerprint density at radius 1 is 0.625 bits per heavy atom. The lowest BCUT2D eigenvalue weighted by atomic mass is 9.94. The van der Waals surface area contributed by atoms with Crippen molar-refractivity contribution in [3.8, 4) is 0 Å². The van der Waals surface area contributed by atoms with Gasteiger partial charge in [0.25, 0.3) is 17.1 Å². The monoisotopic (exact) mass is 433 g/mol. The summed E-state index contributed by atoms with van der Waals surface area (Å²) in [5.74, 6) is 0.492. The van der Waals surface area contributed by atoms with Crippen LogP contribution in [0.5, 0.6) is 0 Å². The molecule has 0 aromatic heterocycles. The summed E-state index contributed by atoms with van der Waals surface area (Å²) in [6.45, 7) is 0. The predicted molar refractivity (Wildman–Crippen MR) is 114 cm³/mol. The highest BCUT2D eigenvalue weighted by Gasteiger charge is 2.32. The standard InChI is InChI=1S/C21H15N5O6/c27-24(28)16-7-1-13(2-8-16)19-20(14-3-9-17(10-4-14)25(29)30)23-21(22-19)15-5-11-18(12-6-15)26(31)32/h1-12,19-20H,(H,22,23)/t19-,20-/m0/s1. The first-order valence-electron chi connectivity index (χ1n) is 9.41. The lowest BCUT2D eigenvalue weighted by molar-refractivity contribution is -0.385. The average molecular weight is 433 g/mol. The molecule has 0 amide bonds. The second-order valence-electron chi connectivity index (χ2n) is 7.05. The number of hydrogen-bond donors (Lipinski definition) is 1. The molecule has 1 N–H and O–H groups in total. The first-order chi connectivity index (χ1) is 15.3. The van der Waals surface area contributed by atoms with E-state index in [1.165, 1.54) is 36.4 Å². The summed E-state index contributed by atoms with van der Waals surface area (Å²) < 4.78 is 0. The fraction of sp³-hybridized carbons (Fsp3) is 0.0952. The normalized spacial score (nSPS) is 17.3. The molecule has 0 spiro atoms. The highest BCUT2D eigenvalue weighted by atomic mass is 16.6. The van der Waals surface area contributed by atoms with Gasteiger partial charge in [-0.15, -0.1) is 0 Å². The Kier molecular flexibility index (Phi) is 5.29. The van der Waals surface area contributed by atoms with E-state index in [4.69, 9.17) is 4.99 Å². The Labute approximate surface area is 180 Å². The van der Waals surface area contributed by atoms with Gasteiger partial charge in [0.1, 0.15) is 11.9 Å². The minimum absolute atomic E-state index is 0.0462. The smallest absolute Gasteiger partial charge is 0.269 e. The van der Waals surface area contributed by atoms with E-state index in [0.29, 0.717) is 17.0 Å². The molecule has 32 heavy (non-hydrogen) atoms. The van der Waals surface area contributed by atoms with Crippen molar-refractivity contribution in [1.82, 2.24) is 5.32 Å². The van der Waals surface area contributed by atoms with Crippen molar-refractivity contribution in [2.24, 2.45) is 4.99 Å². The molecule has 0 bridgehead atoms. The van der Waals surface area contributed by atoms with Crippen molar-refractivity contribution in [3.05, 3.63) is 120 Å². The fourth-order valence-electron chi connectivity index (χ4n) is 3.51. The summed E-state index contributed by atoms with van der Waals surface area (Å²) in [5, 5.41) is 36.2. The number of benzene rings is 3. The Hall–Kier alpha value is -4.67. The maximum Gasteiger partial charge on any atom is 0.269 e. The number of aliphatic imine (C=N–C) groups is 1. The number of hydrogen-bond acceptors (Lipinski definition) is 8. The van der Waals surface area contributed by atoms with E-state index in [2.05, 4.69) is 5.32 Å². The molecule has 1 aliphatic rings. The maximum atomic E-state index is 11.0. The summed E-state index contributed by atoms with van der Waals surface area (Å²) in [6.07, 6.45) is 0. The molecule has 0 saturated carbocycles. The molecule has 4 rings (SSSR count). The lowest BCUT2D eigenvalue weighted by Crippen LogP contribution is -2.25. The fourth-order valence-corrected chi connectivity index (χ4v) is 3.51. The first-order valence-corrected chi connectivity index (χ1v) is 9.41. The second kappa shape index (κ2) is 8.22. The topological polar surface area (TPSA) is 154 Å². The number of nitro benzene ring substituents is 3. The number of rotatable bonds is 6. The average Bonchev–Trinajstić information content (AvgIpc) is 3.24. The molecule has 160 valence electrons. The van der Waals surface area contributed by atoms with Crippen molar-refractivity contribution in [2.45, 2.75) is 12.1 Å². The van der Waals surface area contributed by atoms with Gasteiger partial charge in [-0.3, -0.25) is 35.3 Å². The quantitative estimate of drug-likeness (QED) is 0.450. The van der Waals surface area contributed by atoms with E-state index in [-0.39, 0.29) is 17.1 Å². The van der Waals surface area contributed by atoms with Gasteiger partial charge in [0, 0.05) is 42.0 Å². The summed E-state index contributed by atoms with van der Waals surface area (Å²) in [4.78, 5) is 36.1. The van der Waals surface area contributed by atoms with Crippen LogP contribution in [0.2, 0.25) is 0 Å². The molecule has 1 aliphatic heterocycles. The summed E-state index contributed by atoms with van der Waals surface area (Å²) in [5.41, 5.74) is 1.93. The molecule has 3 aromatic carbocycles. The number of nitrogens with zero attached hydrogens (tertiary/aromatic N) is 4. The molecule has 11 heteroatoms. The van der Waals surface area contributed by atoms with E-state index in [0.717, 1.165) is 5.56 Å². The zero-order valence-electron chi connectivity index (χ0n) is 16.3. The van der Waals surface area contributed by atoms with Crippen LogP contribution < -0.4 is 5.32 Å². The van der Waals surface area contributed by atoms with E-state index in [1.54, 1.807) is 36.4 Å².